The smallest absolute Gasteiger partial charge is 0.212 e. The summed E-state index contributed by atoms with van der Waals surface area (Å²) >= 11 is 0. The van der Waals surface area contributed by atoms with Gasteiger partial charge in [0.25, 0.3) is 0 Å². The van der Waals surface area contributed by atoms with E-state index in [0.29, 0.717) is 12.4 Å². The number of aromatic nitrogens is 1. The van der Waals surface area contributed by atoms with Gasteiger partial charge in [-0.05, 0) is 12.0 Å². The van der Waals surface area contributed by atoms with E-state index >= 15 is 0 Å². The van der Waals surface area contributed by atoms with Crippen LogP contribution in [0.25, 0.3) is 0 Å². The first-order valence-corrected chi connectivity index (χ1v) is 6.17. The number of nitrogens with one attached hydrogen (secondary N) is 1. The zero-order valence-electron chi connectivity index (χ0n) is 11.0. The van der Waals surface area contributed by atoms with E-state index in [0.717, 1.165) is 18.4 Å². The molecule has 0 amide bonds. The van der Waals surface area contributed by atoms with Crippen molar-refractivity contribution in [3.63, 3.8) is 0 Å². The van der Waals surface area contributed by atoms with E-state index in [1.54, 1.807) is 13.3 Å². The van der Waals surface area contributed by atoms with Gasteiger partial charge in [-0.3, -0.25) is 5.32 Å². The quantitative estimate of drug-likeness (QED) is 0.717. The van der Waals surface area contributed by atoms with Crippen LogP contribution in [-0.2, 0) is 0 Å². The maximum absolute atomic E-state index is 5.78. The highest BCUT2D eigenvalue weighted by molar-refractivity contribution is 5.21. The lowest BCUT2D eigenvalue weighted by atomic mass is 10.1. The fourth-order valence-corrected chi connectivity index (χ4v) is 1.77. The molecular weight excluding hydrogens is 226 g/mol. The second kappa shape index (κ2) is 7.70. The largest absolute Gasteiger partial charge is 0.481 e. The molecule has 0 saturated carbocycles. The average molecular weight is 247 g/mol. The van der Waals surface area contributed by atoms with Gasteiger partial charge in [-0.2, -0.15) is 0 Å². The highest BCUT2D eigenvalue weighted by Gasteiger charge is 2.14. The highest BCUT2D eigenvalue weighted by atomic mass is 16.5. The summed E-state index contributed by atoms with van der Waals surface area (Å²) in [5.74, 6) is 3.34. The summed E-state index contributed by atoms with van der Waals surface area (Å²) in [7, 11) is 1.59. The summed E-state index contributed by atoms with van der Waals surface area (Å²) in [5.41, 5.74) is 6.81. The Morgan fingerprint density at radius 1 is 1.56 bits per heavy atom. The lowest BCUT2D eigenvalue weighted by Gasteiger charge is -2.21. The van der Waals surface area contributed by atoms with Gasteiger partial charge < -0.3 is 10.5 Å². The van der Waals surface area contributed by atoms with Crippen LogP contribution in [0, 0.1) is 12.3 Å². The van der Waals surface area contributed by atoms with Crippen molar-refractivity contribution in [1.29, 1.82) is 0 Å². The Balaban J connectivity index is 2.72. The number of pyridine rings is 1. The zero-order valence-corrected chi connectivity index (χ0v) is 11.0. The molecule has 4 nitrogen and oxygen atoms in total. The minimum absolute atomic E-state index is 0.0241. The monoisotopic (exact) mass is 247 g/mol. The van der Waals surface area contributed by atoms with Crippen molar-refractivity contribution >= 4 is 0 Å². The van der Waals surface area contributed by atoms with Gasteiger partial charge in [-0.25, -0.2) is 4.98 Å². The minimum Gasteiger partial charge on any atom is -0.481 e. The van der Waals surface area contributed by atoms with Crippen LogP contribution in [-0.4, -0.2) is 24.7 Å². The van der Waals surface area contributed by atoms with Gasteiger partial charge in [-0.15, -0.1) is 6.42 Å². The number of terminal acetylenes is 1. The molecule has 0 saturated heterocycles. The average Bonchev–Trinajstić information content (AvgIpc) is 2.43. The number of hydrogen-bond acceptors (Lipinski definition) is 4. The molecule has 1 heterocycles. The van der Waals surface area contributed by atoms with Crippen LogP contribution in [0.1, 0.15) is 31.4 Å². The molecule has 0 spiro atoms. The molecule has 0 aliphatic carbocycles. The fourth-order valence-electron chi connectivity index (χ4n) is 1.77. The molecule has 18 heavy (non-hydrogen) atoms. The highest BCUT2D eigenvalue weighted by Crippen LogP contribution is 2.15. The van der Waals surface area contributed by atoms with Crippen molar-refractivity contribution in [2.75, 3.05) is 13.7 Å². The molecule has 98 valence electrons. The zero-order chi connectivity index (χ0) is 13.4. The maximum atomic E-state index is 5.78. The van der Waals surface area contributed by atoms with Gasteiger partial charge >= 0.3 is 0 Å². The molecule has 2 atom stereocenters. The van der Waals surface area contributed by atoms with E-state index < -0.39 is 0 Å². The number of nitrogens with zero attached hydrogens (tertiary/aromatic N) is 1. The van der Waals surface area contributed by atoms with Crippen molar-refractivity contribution in [3.8, 4) is 18.2 Å². The summed E-state index contributed by atoms with van der Waals surface area (Å²) in [5, 5.41) is 3.37. The standard InChI is InChI=1S/C14H21N3O/c1-4-6-12(5-2)17-13(9-15)11-7-8-14(18-3)16-10-11/h2,7-8,10,12-13,17H,4,6,9,15H2,1,3H3. The Hall–Kier alpha value is -1.57. The molecule has 1 rings (SSSR count). The Morgan fingerprint density at radius 2 is 2.33 bits per heavy atom. The molecule has 1 aromatic heterocycles. The summed E-state index contributed by atoms with van der Waals surface area (Å²) in [6, 6.07) is 3.85. The topological polar surface area (TPSA) is 60.2 Å². The maximum Gasteiger partial charge on any atom is 0.212 e. The molecule has 0 aliphatic heterocycles. The first-order chi connectivity index (χ1) is 8.74. The molecule has 2 unspecified atom stereocenters. The predicted octanol–water partition coefficient (Wildman–Crippen LogP) is 1.48. The van der Waals surface area contributed by atoms with Crippen LogP contribution in [0.15, 0.2) is 18.3 Å². The van der Waals surface area contributed by atoms with Crippen molar-refractivity contribution in [2.24, 2.45) is 5.73 Å². The van der Waals surface area contributed by atoms with Gasteiger partial charge in [0.2, 0.25) is 5.88 Å². The molecule has 0 radical (unpaired) electrons. The second-order valence-corrected chi connectivity index (χ2v) is 4.10. The van der Waals surface area contributed by atoms with Crippen molar-refractivity contribution in [2.45, 2.75) is 31.8 Å². The summed E-state index contributed by atoms with van der Waals surface area (Å²) in [6.07, 6.45) is 9.25. The van der Waals surface area contributed by atoms with Crippen LogP contribution in [0.2, 0.25) is 0 Å². The number of nitrogens with two attached hydrogens (primary N) is 1. The van der Waals surface area contributed by atoms with Gasteiger partial charge in [0.15, 0.2) is 0 Å². The molecule has 0 aromatic carbocycles. The van der Waals surface area contributed by atoms with Crippen LogP contribution in [0.3, 0.4) is 0 Å². The van der Waals surface area contributed by atoms with E-state index in [9.17, 15) is 0 Å². The Bertz CT molecular complexity index is 383. The van der Waals surface area contributed by atoms with Crippen molar-refractivity contribution in [3.05, 3.63) is 23.9 Å². The minimum atomic E-state index is 0.0241. The molecule has 0 aliphatic rings. The Labute approximate surface area is 109 Å². The molecule has 0 bridgehead atoms. The van der Waals surface area contributed by atoms with Gasteiger partial charge in [0.1, 0.15) is 0 Å². The number of rotatable bonds is 7. The van der Waals surface area contributed by atoms with Crippen LogP contribution >= 0.6 is 0 Å². The summed E-state index contributed by atoms with van der Waals surface area (Å²) in [4.78, 5) is 4.18. The number of ether oxygens (including phenoxy) is 1. The van der Waals surface area contributed by atoms with Crippen molar-refractivity contribution in [1.82, 2.24) is 10.3 Å². The first-order valence-electron chi connectivity index (χ1n) is 6.17. The molecule has 0 fully saturated rings. The number of hydrogen-bond donors (Lipinski definition) is 2. The molecule has 3 N–H and O–H groups in total. The third-order valence-electron chi connectivity index (χ3n) is 2.79. The Kier molecular flexibility index (Phi) is 6.20. The van der Waals surface area contributed by atoms with Crippen LogP contribution in [0.5, 0.6) is 5.88 Å². The summed E-state index contributed by atoms with van der Waals surface area (Å²) in [6.45, 7) is 2.59. The van der Waals surface area contributed by atoms with Gasteiger partial charge in [0, 0.05) is 24.8 Å². The first kappa shape index (κ1) is 14.5. The van der Waals surface area contributed by atoms with Crippen LogP contribution in [0.4, 0.5) is 0 Å². The van der Waals surface area contributed by atoms with Gasteiger partial charge in [0.05, 0.1) is 13.2 Å². The normalized spacial score (nSPS) is 13.7. The SMILES string of the molecule is C#CC(CCC)NC(CN)c1ccc(OC)nc1. The third-order valence-corrected chi connectivity index (χ3v) is 2.79. The third kappa shape index (κ3) is 4.02. The molecule has 1 aromatic rings. The predicted molar refractivity (Wildman–Crippen MR) is 73.2 cm³/mol. The Morgan fingerprint density at radius 3 is 2.78 bits per heavy atom. The van der Waals surface area contributed by atoms with Crippen molar-refractivity contribution < 1.29 is 4.74 Å². The summed E-state index contributed by atoms with van der Waals surface area (Å²) < 4.78 is 5.03. The molecular formula is C14H21N3O. The second-order valence-electron chi connectivity index (χ2n) is 4.10. The fraction of sp³-hybridized carbons (Fsp3) is 0.500. The van der Waals surface area contributed by atoms with Gasteiger partial charge in [-0.1, -0.05) is 25.3 Å². The molecule has 4 heteroatoms. The van der Waals surface area contributed by atoms with E-state index in [1.807, 2.05) is 12.1 Å². The lowest BCUT2D eigenvalue weighted by molar-refractivity contribution is 0.396. The van der Waals surface area contributed by atoms with E-state index in [4.69, 9.17) is 16.9 Å². The van der Waals surface area contributed by atoms with E-state index in [1.165, 1.54) is 0 Å². The van der Waals surface area contributed by atoms with E-state index in [-0.39, 0.29) is 12.1 Å². The van der Waals surface area contributed by atoms with E-state index in [2.05, 4.69) is 23.1 Å². The van der Waals surface area contributed by atoms with Crippen LogP contribution < -0.4 is 15.8 Å². The lowest BCUT2D eigenvalue weighted by Crippen LogP contribution is -2.35. The number of methoxy groups -OCH3 is 1.